The topological polar surface area (TPSA) is 85.8 Å². The predicted octanol–water partition coefficient (Wildman–Crippen LogP) is 3.38. The second kappa shape index (κ2) is 12.4. The molecule has 0 saturated carbocycles. The van der Waals surface area contributed by atoms with Gasteiger partial charge in [0.15, 0.2) is 5.96 Å². The molecule has 7 nitrogen and oxygen atoms in total. The second-order valence-corrected chi connectivity index (χ2v) is 9.79. The first-order valence-electron chi connectivity index (χ1n) is 10.7. The van der Waals surface area contributed by atoms with E-state index in [0.717, 1.165) is 30.2 Å². The molecule has 1 fully saturated rings. The Kier molecular flexibility index (Phi) is 10.2. The molecule has 32 heavy (non-hydrogen) atoms. The lowest BCUT2D eigenvalue weighted by Crippen LogP contribution is -2.38. The summed E-state index contributed by atoms with van der Waals surface area (Å²) in [6, 6.07) is 16.4. The Morgan fingerprint density at radius 2 is 1.75 bits per heavy atom. The molecular weight excluding hydrogens is 537 g/mol. The normalized spacial score (nSPS) is 15.2. The number of hydrogen-bond acceptors (Lipinski definition) is 4. The molecule has 0 aliphatic carbocycles. The third-order valence-corrected chi connectivity index (χ3v) is 6.90. The van der Waals surface area contributed by atoms with Gasteiger partial charge in [0, 0.05) is 32.4 Å². The molecule has 2 aromatic carbocycles. The number of nitrogens with one attached hydrogen (secondary N) is 3. The molecule has 0 spiro atoms. The van der Waals surface area contributed by atoms with Crippen LogP contribution in [-0.2, 0) is 22.3 Å². The van der Waals surface area contributed by atoms with E-state index in [2.05, 4.69) is 56.4 Å². The van der Waals surface area contributed by atoms with Crippen LogP contribution in [0, 0.1) is 0 Å². The molecule has 0 amide bonds. The SMILES string of the molecule is CN=C(NCc1ccc(CS(=O)(=O)NC)cc1)NC(C)c1cccc(N2CCCC2)c1.I. The van der Waals surface area contributed by atoms with Gasteiger partial charge in [0.25, 0.3) is 0 Å². The highest BCUT2D eigenvalue weighted by Crippen LogP contribution is 2.24. The van der Waals surface area contributed by atoms with Gasteiger partial charge >= 0.3 is 0 Å². The third-order valence-electron chi connectivity index (χ3n) is 5.57. The maximum Gasteiger partial charge on any atom is 0.215 e. The van der Waals surface area contributed by atoms with Gasteiger partial charge in [0.2, 0.25) is 10.0 Å². The Morgan fingerprint density at radius 3 is 2.38 bits per heavy atom. The molecule has 1 aliphatic heterocycles. The molecule has 2 aromatic rings. The van der Waals surface area contributed by atoms with Crippen molar-refractivity contribution in [3.63, 3.8) is 0 Å². The van der Waals surface area contributed by atoms with Crippen molar-refractivity contribution in [3.05, 3.63) is 65.2 Å². The third kappa shape index (κ3) is 7.63. The smallest absolute Gasteiger partial charge is 0.215 e. The molecule has 3 N–H and O–H groups in total. The van der Waals surface area contributed by atoms with Gasteiger partial charge in [-0.25, -0.2) is 13.1 Å². The number of guanidine groups is 1. The molecule has 1 heterocycles. The highest BCUT2D eigenvalue weighted by molar-refractivity contribution is 14.0. The monoisotopic (exact) mass is 571 g/mol. The van der Waals surface area contributed by atoms with Crippen LogP contribution >= 0.6 is 24.0 Å². The molecule has 0 bridgehead atoms. The minimum atomic E-state index is -3.26. The van der Waals surface area contributed by atoms with E-state index in [9.17, 15) is 8.42 Å². The molecule has 0 radical (unpaired) electrons. The number of hydrogen-bond donors (Lipinski definition) is 3. The van der Waals surface area contributed by atoms with Crippen LogP contribution in [0.5, 0.6) is 0 Å². The number of benzene rings is 2. The van der Waals surface area contributed by atoms with E-state index in [1.165, 1.54) is 31.1 Å². The van der Waals surface area contributed by atoms with Crippen LogP contribution in [0.2, 0.25) is 0 Å². The summed E-state index contributed by atoms with van der Waals surface area (Å²) < 4.78 is 25.7. The number of aliphatic imine (C=N–C) groups is 1. The van der Waals surface area contributed by atoms with Crippen molar-refractivity contribution < 1.29 is 8.42 Å². The van der Waals surface area contributed by atoms with Gasteiger partial charge in [-0.05, 0) is 55.6 Å². The standard InChI is InChI=1S/C23H33N5O2S.HI/c1-18(21-7-6-8-22(15-21)28-13-4-5-14-28)27-23(24-2)26-16-19-9-11-20(12-10-19)17-31(29,30)25-3;/h6-12,15,18,25H,4-5,13-14,16-17H2,1-3H3,(H2,24,26,27);1H. The molecule has 1 aliphatic rings. The van der Waals surface area contributed by atoms with Gasteiger partial charge in [-0.3, -0.25) is 4.99 Å². The summed E-state index contributed by atoms with van der Waals surface area (Å²) in [7, 11) is -0.0766. The first-order chi connectivity index (χ1) is 14.9. The highest BCUT2D eigenvalue weighted by Gasteiger charge is 2.14. The van der Waals surface area contributed by atoms with Crippen LogP contribution < -0.4 is 20.3 Å². The lowest BCUT2D eigenvalue weighted by molar-refractivity contribution is 0.587. The summed E-state index contributed by atoms with van der Waals surface area (Å²) in [5.41, 5.74) is 4.32. The maximum atomic E-state index is 11.7. The molecule has 1 unspecified atom stereocenters. The fourth-order valence-electron chi connectivity index (χ4n) is 3.68. The summed E-state index contributed by atoms with van der Waals surface area (Å²) in [5, 5.41) is 6.79. The van der Waals surface area contributed by atoms with E-state index in [-0.39, 0.29) is 35.8 Å². The Labute approximate surface area is 209 Å². The average molecular weight is 572 g/mol. The van der Waals surface area contributed by atoms with Crippen molar-refractivity contribution in [2.45, 2.75) is 38.1 Å². The van der Waals surface area contributed by atoms with Crippen molar-refractivity contribution >= 4 is 45.6 Å². The van der Waals surface area contributed by atoms with E-state index in [4.69, 9.17) is 0 Å². The minimum absolute atomic E-state index is 0. The van der Waals surface area contributed by atoms with E-state index < -0.39 is 10.0 Å². The molecule has 1 atom stereocenters. The lowest BCUT2D eigenvalue weighted by atomic mass is 10.1. The van der Waals surface area contributed by atoms with E-state index in [0.29, 0.717) is 6.54 Å². The first kappa shape index (κ1) is 26.4. The van der Waals surface area contributed by atoms with Gasteiger partial charge in [-0.2, -0.15) is 0 Å². The fraction of sp³-hybridized carbons (Fsp3) is 0.435. The van der Waals surface area contributed by atoms with Gasteiger partial charge < -0.3 is 15.5 Å². The van der Waals surface area contributed by atoms with E-state index >= 15 is 0 Å². The zero-order valence-corrected chi connectivity index (χ0v) is 22.1. The van der Waals surface area contributed by atoms with Crippen LogP contribution in [0.4, 0.5) is 5.69 Å². The maximum absolute atomic E-state index is 11.7. The van der Waals surface area contributed by atoms with Crippen LogP contribution in [0.15, 0.2) is 53.5 Å². The summed E-state index contributed by atoms with van der Waals surface area (Å²) in [6.45, 7) is 4.99. The number of halogens is 1. The number of nitrogens with zero attached hydrogens (tertiary/aromatic N) is 2. The molecule has 3 rings (SSSR count). The predicted molar refractivity (Wildman–Crippen MR) is 143 cm³/mol. The molecule has 9 heteroatoms. The van der Waals surface area contributed by atoms with Crippen molar-refractivity contribution in [1.29, 1.82) is 0 Å². The zero-order valence-electron chi connectivity index (χ0n) is 19.0. The molecular formula is C23H34IN5O2S. The fourth-order valence-corrected chi connectivity index (χ4v) is 4.46. The van der Waals surface area contributed by atoms with Crippen LogP contribution in [0.1, 0.15) is 42.5 Å². The Balaban J connectivity index is 0.00000363. The van der Waals surface area contributed by atoms with Gasteiger partial charge in [-0.1, -0.05) is 36.4 Å². The van der Waals surface area contributed by atoms with E-state index in [1.807, 2.05) is 24.3 Å². The van der Waals surface area contributed by atoms with Gasteiger partial charge in [0.1, 0.15) is 0 Å². The van der Waals surface area contributed by atoms with Gasteiger partial charge in [0.05, 0.1) is 11.8 Å². The van der Waals surface area contributed by atoms with Crippen molar-refractivity contribution in [2.75, 3.05) is 32.1 Å². The summed E-state index contributed by atoms with van der Waals surface area (Å²) >= 11 is 0. The molecule has 176 valence electrons. The van der Waals surface area contributed by atoms with Crippen LogP contribution in [0.3, 0.4) is 0 Å². The first-order valence-corrected chi connectivity index (χ1v) is 12.4. The number of sulfonamides is 1. The summed E-state index contributed by atoms with van der Waals surface area (Å²) in [5.74, 6) is 0.704. The van der Waals surface area contributed by atoms with Crippen molar-refractivity contribution in [1.82, 2.24) is 15.4 Å². The van der Waals surface area contributed by atoms with Crippen molar-refractivity contribution in [3.8, 4) is 0 Å². The van der Waals surface area contributed by atoms with Crippen LogP contribution in [0.25, 0.3) is 0 Å². The van der Waals surface area contributed by atoms with E-state index in [1.54, 1.807) is 7.05 Å². The number of anilines is 1. The highest BCUT2D eigenvalue weighted by atomic mass is 127. The molecule has 0 aromatic heterocycles. The van der Waals surface area contributed by atoms with Crippen molar-refractivity contribution in [2.24, 2.45) is 4.99 Å². The zero-order chi connectivity index (χ0) is 22.3. The van der Waals surface area contributed by atoms with Crippen LogP contribution in [-0.4, -0.2) is 41.6 Å². The Bertz CT molecular complexity index is 990. The molecule has 1 saturated heterocycles. The minimum Gasteiger partial charge on any atom is -0.372 e. The largest absolute Gasteiger partial charge is 0.372 e. The Morgan fingerprint density at radius 1 is 1.09 bits per heavy atom. The quantitative estimate of drug-likeness (QED) is 0.257. The Hall–Kier alpha value is -1.85. The lowest BCUT2D eigenvalue weighted by Gasteiger charge is -2.22. The van der Waals surface area contributed by atoms with Gasteiger partial charge in [-0.15, -0.1) is 24.0 Å². The number of rotatable bonds is 8. The average Bonchev–Trinajstić information content (AvgIpc) is 3.32. The second-order valence-electron chi connectivity index (χ2n) is 7.86. The summed E-state index contributed by atoms with van der Waals surface area (Å²) in [6.07, 6.45) is 2.53. The summed E-state index contributed by atoms with van der Waals surface area (Å²) in [4.78, 5) is 6.78.